The summed E-state index contributed by atoms with van der Waals surface area (Å²) in [4.78, 5) is 11.7. The van der Waals surface area contributed by atoms with Gasteiger partial charge in [-0.1, -0.05) is 37.4 Å². The van der Waals surface area contributed by atoms with Crippen molar-refractivity contribution in [1.29, 1.82) is 5.41 Å². The number of aliphatic hydroxyl groups is 1. The van der Waals surface area contributed by atoms with Crippen LogP contribution in [0.5, 0.6) is 5.75 Å². The van der Waals surface area contributed by atoms with Crippen LogP contribution in [0.3, 0.4) is 0 Å². The number of methoxy groups -OCH3 is 1. The van der Waals surface area contributed by atoms with Gasteiger partial charge in [-0.15, -0.1) is 0 Å². The number of hydrogen-bond acceptors (Lipinski definition) is 9. The fraction of sp³-hybridized carbons (Fsp3) is 0.692. The summed E-state index contributed by atoms with van der Waals surface area (Å²) in [7, 11) is 2.71. The lowest BCUT2D eigenvalue weighted by molar-refractivity contribution is -0.126. The Morgan fingerprint density at radius 3 is 2.38 bits per heavy atom. The van der Waals surface area contributed by atoms with Gasteiger partial charge in [0.15, 0.2) is 5.17 Å². The summed E-state index contributed by atoms with van der Waals surface area (Å²) < 4.78 is 21.5. The Morgan fingerprint density at radius 1 is 1.03 bits per heavy atom. The number of hydrazine groups is 1. The van der Waals surface area contributed by atoms with Gasteiger partial charge in [0, 0.05) is 32.6 Å². The highest BCUT2D eigenvalue weighted by molar-refractivity contribution is 8.14. The molecule has 0 radical (unpaired) electrons. The van der Waals surface area contributed by atoms with E-state index in [4.69, 9.17) is 35.3 Å². The molecule has 2 rings (SSSR count). The molecule has 10 nitrogen and oxygen atoms in total. The maximum Gasteiger partial charge on any atom is 0.245 e. The Hall–Kier alpha value is -1.89. The number of nitrogens with two attached hydrogens (primary N) is 1. The number of thioether (sulfide) groups is 1. The van der Waals surface area contributed by atoms with Gasteiger partial charge in [-0.05, 0) is 49.9 Å². The summed E-state index contributed by atoms with van der Waals surface area (Å²) in [6.07, 6.45) is 9.03. The molecule has 1 aliphatic rings. The number of amides is 1. The first-order valence-electron chi connectivity index (χ1n) is 13.0. The van der Waals surface area contributed by atoms with Crippen molar-refractivity contribution >= 4 is 28.5 Å². The molecule has 0 aromatic heterocycles. The van der Waals surface area contributed by atoms with Crippen molar-refractivity contribution in [3.05, 3.63) is 24.3 Å². The summed E-state index contributed by atoms with van der Waals surface area (Å²) in [5.74, 6) is 6.72. The zero-order chi connectivity index (χ0) is 27.1. The van der Waals surface area contributed by atoms with Crippen molar-refractivity contribution in [2.45, 2.75) is 56.6 Å². The molecular weight excluding hydrogens is 496 g/mol. The number of nitrogens with one attached hydrogen (secondary N) is 2. The summed E-state index contributed by atoms with van der Waals surface area (Å²) in [6, 6.07) is 7.37. The van der Waals surface area contributed by atoms with E-state index in [1.54, 1.807) is 18.9 Å². The van der Waals surface area contributed by atoms with Crippen LogP contribution in [-0.2, 0) is 19.0 Å². The minimum absolute atomic E-state index is 0.0463. The average Bonchev–Trinajstić information content (AvgIpc) is 3.43. The van der Waals surface area contributed by atoms with Crippen LogP contribution in [0.4, 0.5) is 5.69 Å². The van der Waals surface area contributed by atoms with Crippen molar-refractivity contribution in [1.82, 2.24) is 5.32 Å². The number of carbonyl (C=O) groups excluding carboxylic acids is 1. The first kappa shape index (κ1) is 33.1. The lowest BCUT2D eigenvalue weighted by Crippen LogP contribution is -2.35. The predicted molar refractivity (Wildman–Crippen MR) is 149 cm³/mol. The second-order valence-electron chi connectivity index (χ2n) is 8.46. The number of hydrogen-bond donors (Lipinski definition) is 4. The zero-order valence-corrected chi connectivity index (χ0v) is 23.2. The van der Waals surface area contributed by atoms with Gasteiger partial charge in [-0.3, -0.25) is 15.2 Å². The molecule has 0 atom stereocenters. The van der Waals surface area contributed by atoms with Crippen LogP contribution in [0.2, 0.25) is 0 Å². The van der Waals surface area contributed by atoms with E-state index in [9.17, 15) is 4.79 Å². The molecular formula is C26H46N4O6S. The van der Waals surface area contributed by atoms with Gasteiger partial charge in [-0.2, -0.15) is 0 Å². The van der Waals surface area contributed by atoms with E-state index in [2.05, 4.69) is 5.32 Å². The Kier molecular flexibility index (Phi) is 19.8. The minimum atomic E-state index is -0.100. The molecule has 0 saturated heterocycles. The highest BCUT2D eigenvalue weighted by atomic mass is 32.2. The number of anilines is 1. The standard InChI is InChI=1S/C25H42N4O5S.CH4O/c1-31-15-7-3-2-6-14-28-24(30)20-33-17-16-32-18-19-34-22-12-10-21(11-13-22)29(27)25(26)35-23-8-4-5-9-23;1-2/h10-13,23,26H,2-9,14-20,27H2,1H3,(H,28,30);2H,1H3. The molecule has 1 fully saturated rings. The van der Waals surface area contributed by atoms with Gasteiger partial charge in [-0.25, -0.2) is 5.84 Å². The molecule has 0 bridgehead atoms. The van der Waals surface area contributed by atoms with Crippen LogP contribution < -0.4 is 20.9 Å². The third-order valence-corrected chi connectivity index (χ3v) is 6.84. The van der Waals surface area contributed by atoms with E-state index in [-0.39, 0.29) is 12.5 Å². The van der Waals surface area contributed by atoms with E-state index >= 15 is 0 Å². The van der Waals surface area contributed by atoms with E-state index in [0.29, 0.717) is 49.1 Å². The monoisotopic (exact) mass is 542 g/mol. The SMILES string of the molecule is CO.COCCCCCCNC(=O)COCCOCCOc1ccc(N(N)C(=N)SC2CCCC2)cc1. The highest BCUT2D eigenvalue weighted by Gasteiger charge is 2.20. The summed E-state index contributed by atoms with van der Waals surface area (Å²) >= 11 is 1.55. The van der Waals surface area contributed by atoms with Crippen LogP contribution in [0.1, 0.15) is 51.4 Å². The van der Waals surface area contributed by atoms with E-state index < -0.39 is 0 Å². The summed E-state index contributed by atoms with van der Waals surface area (Å²) in [5, 5.41) is 20.4. The fourth-order valence-electron chi connectivity index (χ4n) is 3.65. The third-order valence-electron chi connectivity index (χ3n) is 5.61. The van der Waals surface area contributed by atoms with Crippen LogP contribution in [0.15, 0.2) is 24.3 Å². The van der Waals surface area contributed by atoms with Crippen molar-refractivity contribution in [3.8, 4) is 5.75 Å². The van der Waals surface area contributed by atoms with Crippen LogP contribution in [0.25, 0.3) is 0 Å². The lowest BCUT2D eigenvalue weighted by Gasteiger charge is -2.21. The first-order valence-corrected chi connectivity index (χ1v) is 13.9. The summed E-state index contributed by atoms with van der Waals surface area (Å²) in [6.45, 7) is 3.10. The van der Waals surface area contributed by atoms with Gasteiger partial charge < -0.3 is 29.4 Å². The van der Waals surface area contributed by atoms with Crippen molar-refractivity contribution < 1.29 is 28.8 Å². The maximum atomic E-state index is 11.7. The van der Waals surface area contributed by atoms with Crippen LogP contribution in [-0.4, -0.2) is 81.8 Å². The molecule has 1 amide bonds. The highest BCUT2D eigenvalue weighted by Crippen LogP contribution is 2.31. The molecule has 0 spiro atoms. The van der Waals surface area contributed by atoms with E-state index in [1.807, 2.05) is 24.3 Å². The normalized spacial score (nSPS) is 13.1. The van der Waals surface area contributed by atoms with Gasteiger partial charge >= 0.3 is 0 Å². The number of aliphatic hydroxyl groups excluding tert-OH is 1. The Labute approximate surface area is 226 Å². The van der Waals surface area contributed by atoms with Crippen molar-refractivity contribution in [3.63, 3.8) is 0 Å². The molecule has 1 saturated carbocycles. The number of rotatable bonds is 18. The molecule has 5 N–H and O–H groups in total. The van der Waals surface area contributed by atoms with Crippen molar-refractivity contribution in [2.24, 2.45) is 5.84 Å². The van der Waals surface area contributed by atoms with Gasteiger partial charge in [0.2, 0.25) is 5.91 Å². The molecule has 0 aliphatic heterocycles. The van der Waals surface area contributed by atoms with E-state index in [0.717, 1.165) is 57.9 Å². The molecule has 1 aromatic rings. The minimum Gasteiger partial charge on any atom is -0.491 e. The number of unbranched alkanes of at least 4 members (excludes halogenated alkanes) is 3. The molecule has 0 unspecified atom stereocenters. The topological polar surface area (TPSA) is 139 Å². The summed E-state index contributed by atoms with van der Waals surface area (Å²) in [5.41, 5.74) is 0.757. The van der Waals surface area contributed by atoms with E-state index in [1.165, 1.54) is 17.9 Å². The number of benzene rings is 1. The smallest absolute Gasteiger partial charge is 0.245 e. The lowest BCUT2D eigenvalue weighted by atomic mass is 10.2. The largest absolute Gasteiger partial charge is 0.491 e. The number of ether oxygens (including phenoxy) is 4. The molecule has 11 heteroatoms. The van der Waals surface area contributed by atoms with Gasteiger partial charge in [0.25, 0.3) is 0 Å². The number of nitrogens with zero attached hydrogens (tertiary/aromatic N) is 1. The number of amidine groups is 1. The zero-order valence-electron chi connectivity index (χ0n) is 22.4. The molecule has 212 valence electrons. The Morgan fingerprint density at radius 2 is 1.68 bits per heavy atom. The predicted octanol–water partition coefficient (Wildman–Crippen LogP) is 3.32. The van der Waals surface area contributed by atoms with Gasteiger partial charge in [0.05, 0.1) is 25.5 Å². The average molecular weight is 543 g/mol. The first-order chi connectivity index (χ1) is 18.1. The third kappa shape index (κ3) is 15.8. The molecule has 1 aliphatic carbocycles. The second-order valence-corrected chi connectivity index (χ2v) is 9.75. The van der Waals surface area contributed by atoms with Crippen LogP contribution >= 0.6 is 11.8 Å². The molecule has 1 aromatic carbocycles. The molecule has 37 heavy (non-hydrogen) atoms. The van der Waals surface area contributed by atoms with Crippen LogP contribution in [0, 0.1) is 5.41 Å². The Balaban J connectivity index is 0.00000334. The second kappa shape index (κ2) is 22.1. The molecule has 0 heterocycles. The van der Waals surface area contributed by atoms with Crippen molar-refractivity contribution in [2.75, 3.05) is 65.4 Å². The fourth-order valence-corrected chi connectivity index (χ4v) is 4.75. The maximum absolute atomic E-state index is 11.7. The quantitative estimate of drug-likeness (QED) is 0.0723. The Bertz CT molecular complexity index is 720. The number of carbonyl (C=O) groups is 1. The van der Waals surface area contributed by atoms with Gasteiger partial charge in [0.1, 0.15) is 19.0 Å².